The van der Waals surface area contributed by atoms with E-state index in [2.05, 4.69) is 43.5 Å². The van der Waals surface area contributed by atoms with Crippen LogP contribution in [0.2, 0.25) is 0 Å². The Balaban J connectivity index is 4.20. The van der Waals surface area contributed by atoms with Crippen LogP contribution in [-0.2, 0) is 28.7 Å². The average molecular weight is 692 g/mol. The van der Waals surface area contributed by atoms with E-state index in [1.54, 1.807) is 0 Å². The number of allylic oxidation sites excluding steroid dienone is 4. The van der Waals surface area contributed by atoms with Crippen LogP contribution in [0.5, 0.6) is 0 Å². The molecule has 0 rings (SSSR count). The summed E-state index contributed by atoms with van der Waals surface area (Å²) in [6.07, 6.45) is 36.4. The zero-order valence-corrected chi connectivity index (χ0v) is 31.5. The van der Waals surface area contributed by atoms with Gasteiger partial charge < -0.3 is 19.9 Å². The highest BCUT2D eigenvalue weighted by Crippen LogP contribution is 2.12. The predicted octanol–water partition coefficient (Wildman–Crippen LogP) is 10.7. The fraction of sp³-hybridized carbons (Fsp3) is 0.805. The lowest BCUT2D eigenvalue weighted by Crippen LogP contribution is -2.38. The van der Waals surface area contributed by atoms with Gasteiger partial charge in [-0.3, -0.25) is 19.2 Å². The van der Waals surface area contributed by atoms with Crippen LogP contribution in [0.25, 0.3) is 0 Å². The summed E-state index contributed by atoms with van der Waals surface area (Å²) in [5, 5.41) is 11.4. The minimum Gasteiger partial charge on any atom is -0.481 e. The van der Waals surface area contributed by atoms with Crippen LogP contribution >= 0.6 is 0 Å². The molecule has 49 heavy (non-hydrogen) atoms. The van der Waals surface area contributed by atoms with Gasteiger partial charge in [0.25, 0.3) is 0 Å². The molecule has 1 atom stereocenters. The van der Waals surface area contributed by atoms with Crippen LogP contribution in [0.15, 0.2) is 24.3 Å². The van der Waals surface area contributed by atoms with Crippen molar-refractivity contribution >= 4 is 23.8 Å². The van der Waals surface area contributed by atoms with Crippen molar-refractivity contribution in [1.82, 2.24) is 5.32 Å². The van der Waals surface area contributed by atoms with Gasteiger partial charge in [-0.05, 0) is 64.2 Å². The van der Waals surface area contributed by atoms with Crippen molar-refractivity contribution in [2.24, 2.45) is 0 Å². The van der Waals surface area contributed by atoms with Crippen molar-refractivity contribution in [2.45, 2.75) is 200 Å². The normalized spacial score (nSPS) is 12.0. The summed E-state index contributed by atoms with van der Waals surface area (Å²) in [5.41, 5.74) is 0. The van der Waals surface area contributed by atoms with Crippen LogP contribution < -0.4 is 5.32 Å². The van der Waals surface area contributed by atoms with Crippen LogP contribution in [0, 0.1) is 0 Å². The number of amides is 1. The minimum atomic E-state index is -1.06. The number of nitrogens with one attached hydrogen (secondary N) is 1. The lowest BCUT2D eigenvalue weighted by atomic mass is 10.1. The Hall–Kier alpha value is -2.64. The third kappa shape index (κ3) is 36.5. The van der Waals surface area contributed by atoms with E-state index in [0.717, 1.165) is 70.6 Å². The van der Waals surface area contributed by atoms with Gasteiger partial charge in [0, 0.05) is 19.3 Å². The highest BCUT2D eigenvalue weighted by Gasteiger charge is 2.18. The molecule has 0 spiro atoms. The SMILES string of the molecule is CCCCCCCC/C=C\CCCCCCC(=O)OCC(CNC(=O)CCC(=O)O)OC(=O)CCCCCC/C=C\CCCCCCCC. The largest absolute Gasteiger partial charge is 0.481 e. The Labute approximate surface area is 299 Å². The summed E-state index contributed by atoms with van der Waals surface area (Å²) in [5.74, 6) is -2.25. The summed E-state index contributed by atoms with van der Waals surface area (Å²) < 4.78 is 10.9. The molecule has 8 heteroatoms. The van der Waals surface area contributed by atoms with Gasteiger partial charge in [0.2, 0.25) is 5.91 Å². The highest BCUT2D eigenvalue weighted by atomic mass is 16.6. The molecule has 0 fully saturated rings. The number of esters is 2. The summed E-state index contributed by atoms with van der Waals surface area (Å²) in [4.78, 5) is 47.7. The minimum absolute atomic E-state index is 0.0328. The zero-order chi connectivity index (χ0) is 36.0. The predicted molar refractivity (Wildman–Crippen MR) is 200 cm³/mol. The molecule has 0 heterocycles. The number of carboxylic acid groups (broad SMARTS) is 1. The molecule has 2 N–H and O–H groups in total. The Morgan fingerprint density at radius 1 is 0.531 bits per heavy atom. The van der Waals surface area contributed by atoms with Crippen molar-refractivity contribution in [3.05, 3.63) is 24.3 Å². The number of ether oxygens (including phenoxy) is 2. The van der Waals surface area contributed by atoms with Crippen LogP contribution in [0.3, 0.4) is 0 Å². The molecule has 0 aliphatic carbocycles. The highest BCUT2D eigenvalue weighted by molar-refractivity contribution is 5.80. The number of carbonyl (C=O) groups excluding carboxylic acids is 3. The standard InChI is InChI=1S/C41H73NO7/c1-3-5-7-9-11-13-15-17-19-21-23-25-27-29-31-40(46)48-36-37(35-42-38(43)33-34-39(44)45)49-41(47)32-30-28-26-24-22-20-18-16-14-12-10-8-6-4-2/h17-20,37H,3-16,21-36H2,1-2H3,(H,42,43)(H,44,45)/b19-17-,20-18-. The Kier molecular flexibility index (Phi) is 34.7. The van der Waals surface area contributed by atoms with E-state index in [0.29, 0.717) is 12.8 Å². The summed E-state index contributed by atoms with van der Waals surface area (Å²) >= 11 is 0. The number of rotatable bonds is 36. The Morgan fingerprint density at radius 3 is 1.39 bits per heavy atom. The smallest absolute Gasteiger partial charge is 0.306 e. The first-order chi connectivity index (χ1) is 23.9. The van der Waals surface area contributed by atoms with E-state index < -0.39 is 18.0 Å². The van der Waals surface area contributed by atoms with Gasteiger partial charge in [-0.15, -0.1) is 0 Å². The first kappa shape index (κ1) is 46.4. The van der Waals surface area contributed by atoms with Gasteiger partial charge in [0.15, 0.2) is 6.10 Å². The monoisotopic (exact) mass is 692 g/mol. The molecule has 284 valence electrons. The summed E-state index contributed by atoms with van der Waals surface area (Å²) in [6.45, 7) is 4.31. The maximum absolute atomic E-state index is 12.5. The van der Waals surface area contributed by atoms with E-state index in [9.17, 15) is 19.2 Å². The number of carbonyl (C=O) groups is 4. The van der Waals surface area contributed by atoms with E-state index >= 15 is 0 Å². The summed E-state index contributed by atoms with van der Waals surface area (Å²) in [7, 11) is 0. The van der Waals surface area contributed by atoms with Crippen molar-refractivity contribution in [2.75, 3.05) is 13.2 Å². The molecule has 0 aliphatic heterocycles. The topological polar surface area (TPSA) is 119 Å². The van der Waals surface area contributed by atoms with Gasteiger partial charge in [0.1, 0.15) is 6.61 Å². The quantitative estimate of drug-likeness (QED) is 0.0381. The van der Waals surface area contributed by atoms with E-state index in [-0.39, 0.29) is 44.4 Å². The van der Waals surface area contributed by atoms with Gasteiger partial charge in [-0.25, -0.2) is 0 Å². The van der Waals surface area contributed by atoms with Gasteiger partial charge in [0.05, 0.1) is 13.0 Å². The molecule has 0 saturated heterocycles. The second-order valence-electron chi connectivity index (χ2n) is 13.5. The van der Waals surface area contributed by atoms with Crippen molar-refractivity contribution in [3.63, 3.8) is 0 Å². The molecular weight excluding hydrogens is 618 g/mol. The number of hydrogen-bond acceptors (Lipinski definition) is 6. The number of hydrogen-bond donors (Lipinski definition) is 2. The molecule has 0 saturated carbocycles. The molecule has 0 aliphatic rings. The van der Waals surface area contributed by atoms with Gasteiger partial charge in [-0.2, -0.15) is 0 Å². The second kappa shape index (κ2) is 36.6. The van der Waals surface area contributed by atoms with Crippen molar-refractivity contribution < 1.29 is 33.8 Å². The average Bonchev–Trinajstić information content (AvgIpc) is 3.08. The maximum Gasteiger partial charge on any atom is 0.306 e. The molecule has 0 aromatic rings. The Bertz CT molecular complexity index is 870. The molecule has 1 unspecified atom stereocenters. The zero-order valence-electron chi connectivity index (χ0n) is 31.5. The lowest BCUT2D eigenvalue weighted by molar-refractivity contribution is -0.159. The first-order valence-corrected chi connectivity index (χ1v) is 20.0. The van der Waals surface area contributed by atoms with Crippen LogP contribution in [0.4, 0.5) is 0 Å². The van der Waals surface area contributed by atoms with E-state index in [1.807, 2.05) is 0 Å². The first-order valence-electron chi connectivity index (χ1n) is 20.0. The fourth-order valence-corrected chi connectivity index (χ4v) is 5.50. The van der Waals surface area contributed by atoms with Crippen LogP contribution in [-0.4, -0.2) is 48.2 Å². The van der Waals surface area contributed by atoms with Gasteiger partial charge in [-0.1, -0.05) is 128 Å². The number of carboxylic acids is 1. The molecule has 0 bridgehead atoms. The third-order valence-electron chi connectivity index (χ3n) is 8.61. The maximum atomic E-state index is 12.5. The summed E-state index contributed by atoms with van der Waals surface area (Å²) in [6, 6.07) is 0. The van der Waals surface area contributed by atoms with Crippen LogP contribution in [0.1, 0.15) is 194 Å². The number of aliphatic carboxylic acids is 1. The molecule has 0 radical (unpaired) electrons. The molecule has 1 amide bonds. The Morgan fingerprint density at radius 2 is 0.939 bits per heavy atom. The number of unbranched alkanes of at least 4 members (excludes halogenated alkanes) is 20. The molecule has 0 aromatic carbocycles. The molecule has 0 aromatic heterocycles. The van der Waals surface area contributed by atoms with E-state index in [4.69, 9.17) is 14.6 Å². The van der Waals surface area contributed by atoms with Crippen molar-refractivity contribution in [1.29, 1.82) is 0 Å². The molecule has 8 nitrogen and oxygen atoms in total. The van der Waals surface area contributed by atoms with E-state index in [1.165, 1.54) is 77.0 Å². The lowest BCUT2D eigenvalue weighted by Gasteiger charge is -2.19. The third-order valence-corrected chi connectivity index (χ3v) is 8.61. The second-order valence-corrected chi connectivity index (χ2v) is 13.5. The fourth-order valence-electron chi connectivity index (χ4n) is 5.50. The van der Waals surface area contributed by atoms with Crippen molar-refractivity contribution in [3.8, 4) is 0 Å². The van der Waals surface area contributed by atoms with Gasteiger partial charge >= 0.3 is 17.9 Å². The molecular formula is C41H73NO7.